The number of benzene rings is 2. The van der Waals surface area contributed by atoms with Crippen molar-refractivity contribution in [1.29, 1.82) is 0 Å². The molecule has 0 saturated carbocycles. The smallest absolute Gasteiger partial charge is 0.259 e. The number of halogens is 5. The van der Waals surface area contributed by atoms with E-state index in [0.717, 1.165) is 12.0 Å². The van der Waals surface area contributed by atoms with E-state index in [1.807, 2.05) is 19.1 Å². The summed E-state index contributed by atoms with van der Waals surface area (Å²) in [5.41, 5.74) is 1.61. The number of hydrogen-bond acceptors (Lipinski definition) is 3. The highest BCUT2D eigenvalue weighted by Crippen LogP contribution is 2.30. The van der Waals surface area contributed by atoms with Crippen LogP contribution < -0.4 is 20.7 Å². The number of thiocarbonyl (C=S) groups is 1. The summed E-state index contributed by atoms with van der Waals surface area (Å²) in [5.74, 6) is 0.0375. The number of rotatable bonds is 7. The molecule has 0 spiro atoms. The maximum absolute atomic E-state index is 12.3. The summed E-state index contributed by atoms with van der Waals surface area (Å²) in [6, 6.07) is 12.2. The van der Waals surface area contributed by atoms with Crippen LogP contribution in [-0.4, -0.2) is 27.6 Å². The standard InChI is InChI=1S/C19H18Cl5N3O2S/c1-2-11-3-6-13(7-4-11)29-10-16(28)26-17(19(22,23)24)27-18(30)25-15-9-12(20)5-8-14(15)21/h3-9,17H,2,10H2,1H3,(H,26,28)(H2,25,27,30)/t17-/m0/s1. The number of anilines is 1. The Morgan fingerprint density at radius 1 is 1.10 bits per heavy atom. The summed E-state index contributed by atoms with van der Waals surface area (Å²) in [4.78, 5) is 12.3. The van der Waals surface area contributed by atoms with Gasteiger partial charge in [0, 0.05) is 5.02 Å². The fourth-order valence-electron chi connectivity index (χ4n) is 2.26. The summed E-state index contributed by atoms with van der Waals surface area (Å²) in [7, 11) is 0. The predicted octanol–water partition coefficient (Wildman–Crippen LogP) is 5.73. The molecule has 0 heterocycles. The second-order valence-corrected chi connectivity index (χ2v) is 9.67. The summed E-state index contributed by atoms with van der Waals surface area (Å²) < 4.78 is 3.56. The van der Waals surface area contributed by atoms with Crippen molar-refractivity contribution in [3.8, 4) is 5.75 Å². The van der Waals surface area contributed by atoms with Crippen molar-refractivity contribution >= 4 is 86.9 Å². The van der Waals surface area contributed by atoms with Gasteiger partial charge in [0.1, 0.15) is 11.9 Å². The van der Waals surface area contributed by atoms with Crippen LogP contribution in [0.15, 0.2) is 42.5 Å². The first kappa shape index (κ1) is 25.1. The van der Waals surface area contributed by atoms with E-state index < -0.39 is 15.9 Å². The molecule has 2 rings (SSSR count). The Kier molecular flexibility index (Phi) is 9.60. The molecular weight excluding hydrogens is 512 g/mol. The summed E-state index contributed by atoms with van der Waals surface area (Å²) in [6.07, 6.45) is -0.231. The van der Waals surface area contributed by atoms with Crippen molar-refractivity contribution in [3.63, 3.8) is 0 Å². The number of nitrogens with one attached hydrogen (secondary N) is 3. The van der Waals surface area contributed by atoms with Gasteiger partial charge in [0.2, 0.25) is 3.79 Å². The van der Waals surface area contributed by atoms with Gasteiger partial charge in [0.15, 0.2) is 11.7 Å². The minimum absolute atomic E-state index is 0.0619. The SMILES string of the molecule is CCc1ccc(OCC(=O)N[C@@H](NC(=S)Nc2cc(Cl)ccc2Cl)C(Cl)(Cl)Cl)cc1. The Bertz CT molecular complexity index is 891. The van der Waals surface area contributed by atoms with Crippen LogP contribution in [0.4, 0.5) is 5.69 Å². The first-order valence-corrected chi connectivity index (χ1v) is 11.0. The van der Waals surface area contributed by atoms with E-state index in [9.17, 15) is 4.79 Å². The van der Waals surface area contributed by atoms with Gasteiger partial charge < -0.3 is 20.7 Å². The monoisotopic (exact) mass is 527 g/mol. The molecule has 0 bridgehead atoms. The molecule has 0 aliphatic carbocycles. The molecule has 0 radical (unpaired) electrons. The second kappa shape index (κ2) is 11.5. The van der Waals surface area contributed by atoms with Crippen LogP contribution in [-0.2, 0) is 11.2 Å². The Morgan fingerprint density at radius 3 is 2.37 bits per heavy atom. The Morgan fingerprint density at radius 2 is 1.77 bits per heavy atom. The number of hydrogen-bond donors (Lipinski definition) is 3. The molecule has 0 fully saturated rings. The van der Waals surface area contributed by atoms with Crippen molar-refractivity contribution in [1.82, 2.24) is 10.6 Å². The zero-order valence-electron chi connectivity index (χ0n) is 15.6. The van der Waals surface area contributed by atoms with Crippen molar-refractivity contribution in [2.75, 3.05) is 11.9 Å². The van der Waals surface area contributed by atoms with Gasteiger partial charge in [0.25, 0.3) is 5.91 Å². The molecule has 0 aromatic heterocycles. The van der Waals surface area contributed by atoms with Crippen molar-refractivity contribution in [2.24, 2.45) is 0 Å². The zero-order valence-corrected chi connectivity index (χ0v) is 20.2. The van der Waals surface area contributed by atoms with Crippen molar-refractivity contribution < 1.29 is 9.53 Å². The number of amides is 1. The molecule has 162 valence electrons. The molecule has 1 amide bonds. The first-order valence-electron chi connectivity index (χ1n) is 8.69. The van der Waals surface area contributed by atoms with E-state index >= 15 is 0 Å². The van der Waals surface area contributed by atoms with Crippen LogP contribution in [0.5, 0.6) is 5.75 Å². The lowest BCUT2D eigenvalue weighted by atomic mass is 10.2. The maximum atomic E-state index is 12.3. The van der Waals surface area contributed by atoms with E-state index in [0.29, 0.717) is 21.5 Å². The average Bonchev–Trinajstić information content (AvgIpc) is 2.68. The number of carbonyl (C=O) groups excluding carboxylic acids is 1. The molecule has 0 unspecified atom stereocenters. The van der Waals surface area contributed by atoms with Crippen LogP contribution in [0.25, 0.3) is 0 Å². The van der Waals surface area contributed by atoms with Crippen LogP contribution in [0, 0.1) is 0 Å². The molecule has 2 aromatic rings. The van der Waals surface area contributed by atoms with Gasteiger partial charge in [-0.2, -0.15) is 0 Å². The van der Waals surface area contributed by atoms with Crippen LogP contribution in [0.3, 0.4) is 0 Å². The lowest BCUT2D eigenvalue weighted by molar-refractivity contribution is -0.123. The average molecular weight is 530 g/mol. The lowest BCUT2D eigenvalue weighted by Gasteiger charge is -2.27. The fraction of sp³-hybridized carbons (Fsp3) is 0.263. The van der Waals surface area contributed by atoms with Gasteiger partial charge in [0.05, 0.1) is 10.7 Å². The topological polar surface area (TPSA) is 62.4 Å². The van der Waals surface area contributed by atoms with Crippen LogP contribution in [0.2, 0.25) is 10.0 Å². The third-order valence-corrected chi connectivity index (χ3v) is 5.23. The van der Waals surface area contributed by atoms with Gasteiger partial charge in [-0.3, -0.25) is 4.79 Å². The molecule has 5 nitrogen and oxygen atoms in total. The van der Waals surface area contributed by atoms with E-state index in [1.54, 1.807) is 30.3 Å². The third kappa shape index (κ3) is 8.17. The maximum Gasteiger partial charge on any atom is 0.259 e. The van der Waals surface area contributed by atoms with Gasteiger partial charge in [-0.1, -0.05) is 77.1 Å². The van der Waals surface area contributed by atoms with E-state index in [2.05, 4.69) is 16.0 Å². The first-order chi connectivity index (χ1) is 14.1. The summed E-state index contributed by atoms with van der Waals surface area (Å²) in [5, 5.41) is 9.02. The highest BCUT2D eigenvalue weighted by molar-refractivity contribution is 7.80. The zero-order chi connectivity index (χ0) is 22.3. The quantitative estimate of drug-likeness (QED) is 0.243. The highest BCUT2D eigenvalue weighted by Gasteiger charge is 2.34. The van der Waals surface area contributed by atoms with Gasteiger partial charge >= 0.3 is 0 Å². The molecule has 3 N–H and O–H groups in total. The Balaban J connectivity index is 1.95. The van der Waals surface area contributed by atoms with Crippen molar-refractivity contribution in [2.45, 2.75) is 23.3 Å². The van der Waals surface area contributed by atoms with E-state index in [4.69, 9.17) is 75.0 Å². The summed E-state index contributed by atoms with van der Waals surface area (Å²) >= 11 is 35.2. The number of carbonyl (C=O) groups is 1. The lowest BCUT2D eigenvalue weighted by Crippen LogP contribution is -2.57. The largest absolute Gasteiger partial charge is 0.484 e. The molecule has 0 saturated heterocycles. The van der Waals surface area contributed by atoms with Gasteiger partial charge in [-0.05, 0) is 54.5 Å². The highest BCUT2D eigenvalue weighted by atomic mass is 35.6. The Labute approximate surface area is 205 Å². The molecule has 0 aliphatic heterocycles. The third-order valence-electron chi connectivity index (χ3n) is 3.79. The van der Waals surface area contributed by atoms with Gasteiger partial charge in [-0.15, -0.1) is 0 Å². The van der Waals surface area contributed by atoms with Crippen LogP contribution in [0.1, 0.15) is 12.5 Å². The van der Waals surface area contributed by atoms with Gasteiger partial charge in [-0.25, -0.2) is 0 Å². The fourth-order valence-corrected chi connectivity index (χ4v) is 3.15. The molecule has 30 heavy (non-hydrogen) atoms. The van der Waals surface area contributed by atoms with Crippen molar-refractivity contribution in [3.05, 3.63) is 58.1 Å². The molecule has 1 atom stereocenters. The number of alkyl halides is 3. The normalized spacial score (nSPS) is 12.1. The van der Waals surface area contributed by atoms with Crippen LogP contribution >= 0.6 is 70.2 Å². The molecule has 11 heteroatoms. The Hall–Kier alpha value is -1.15. The number of ether oxygens (including phenoxy) is 1. The molecule has 2 aromatic carbocycles. The summed E-state index contributed by atoms with van der Waals surface area (Å²) in [6.45, 7) is 1.78. The second-order valence-electron chi connectivity index (χ2n) is 6.05. The molecule has 0 aliphatic rings. The minimum Gasteiger partial charge on any atom is -0.484 e. The minimum atomic E-state index is -1.90. The molecular formula is C19H18Cl5N3O2S. The number of aryl methyl sites for hydroxylation is 1. The van der Waals surface area contributed by atoms with E-state index in [1.165, 1.54) is 0 Å². The van der Waals surface area contributed by atoms with E-state index in [-0.39, 0.29) is 11.7 Å². The predicted molar refractivity (Wildman–Crippen MR) is 129 cm³/mol.